The number of hydrogen-bond donors (Lipinski definition) is 1. The van der Waals surface area contributed by atoms with E-state index in [2.05, 4.69) is 33.8 Å². The standard InChI is InChI=1S/C17H22O2/c1-11-5-6-14-13(7-11)8-15(19-14)17(18)10-16(3,4)9-12(17)2/h5-8,12,18H,9-10H2,1-4H3. The van der Waals surface area contributed by atoms with Crippen molar-refractivity contribution >= 4 is 11.0 Å². The molecule has 1 aromatic carbocycles. The van der Waals surface area contributed by atoms with Gasteiger partial charge in [-0.25, -0.2) is 0 Å². The first-order valence-corrected chi connectivity index (χ1v) is 7.03. The summed E-state index contributed by atoms with van der Waals surface area (Å²) >= 11 is 0. The molecule has 1 aromatic heterocycles. The Labute approximate surface area is 114 Å². The van der Waals surface area contributed by atoms with Crippen LogP contribution in [-0.2, 0) is 5.60 Å². The van der Waals surface area contributed by atoms with Gasteiger partial charge in [-0.2, -0.15) is 0 Å². The molecule has 102 valence electrons. The van der Waals surface area contributed by atoms with Crippen molar-refractivity contribution in [2.24, 2.45) is 11.3 Å². The van der Waals surface area contributed by atoms with Crippen LogP contribution in [0.5, 0.6) is 0 Å². The summed E-state index contributed by atoms with van der Waals surface area (Å²) in [4.78, 5) is 0. The first-order valence-electron chi connectivity index (χ1n) is 7.03. The zero-order valence-electron chi connectivity index (χ0n) is 12.2. The van der Waals surface area contributed by atoms with Gasteiger partial charge in [-0.3, -0.25) is 0 Å². The van der Waals surface area contributed by atoms with Gasteiger partial charge < -0.3 is 9.52 Å². The van der Waals surface area contributed by atoms with Crippen LogP contribution in [0.2, 0.25) is 0 Å². The van der Waals surface area contributed by atoms with Crippen LogP contribution < -0.4 is 0 Å². The fraction of sp³-hybridized carbons (Fsp3) is 0.529. The minimum atomic E-state index is -0.823. The molecule has 2 nitrogen and oxygen atoms in total. The van der Waals surface area contributed by atoms with Crippen LogP contribution >= 0.6 is 0 Å². The third kappa shape index (κ3) is 1.99. The average molecular weight is 258 g/mol. The predicted octanol–water partition coefficient (Wildman–Crippen LogP) is 4.38. The van der Waals surface area contributed by atoms with E-state index in [4.69, 9.17) is 4.42 Å². The average Bonchev–Trinajstić information content (AvgIpc) is 2.78. The molecule has 1 aliphatic rings. The predicted molar refractivity (Wildman–Crippen MR) is 77.0 cm³/mol. The quantitative estimate of drug-likeness (QED) is 0.823. The molecule has 0 bridgehead atoms. The monoisotopic (exact) mass is 258 g/mol. The molecule has 0 spiro atoms. The summed E-state index contributed by atoms with van der Waals surface area (Å²) in [6.45, 7) is 8.62. The lowest BCUT2D eigenvalue weighted by Gasteiger charge is -2.25. The molecular formula is C17H22O2. The highest BCUT2D eigenvalue weighted by molar-refractivity contribution is 5.78. The van der Waals surface area contributed by atoms with Crippen molar-refractivity contribution in [2.75, 3.05) is 0 Å². The van der Waals surface area contributed by atoms with E-state index >= 15 is 0 Å². The molecule has 3 rings (SSSR count). The largest absolute Gasteiger partial charge is 0.458 e. The number of rotatable bonds is 1. The number of aliphatic hydroxyl groups is 1. The van der Waals surface area contributed by atoms with Gasteiger partial charge >= 0.3 is 0 Å². The smallest absolute Gasteiger partial charge is 0.137 e. The first kappa shape index (κ1) is 12.7. The lowest BCUT2D eigenvalue weighted by atomic mass is 9.87. The highest BCUT2D eigenvalue weighted by atomic mass is 16.4. The molecule has 2 unspecified atom stereocenters. The second kappa shape index (κ2) is 3.86. The molecule has 2 heteroatoms. The van der Waals surface area contributed by atoms with Gasteiger partial charge in [0.15, 0.2) is 0 Å². The summed E-state index contributed by atoms with van der Waals surface area (Å²) in [5, 5.41) is 12.1. The van der Waals surface area contributed by atoms with Crippen molar-refractivity contribution in [1.29, 1.82) is 0 Å². The van der Waals surface area contributed by atoms with Crippen molar-refractivity contribution in [3.8, 4) is 0 Å². The Morgan fingerprint density at radius 2 is 2.00 bits per heavy atom. The van der Waals surface area contributed by atoms with Gasteiger partial charge in [0.2, 0.25) is 0 Å². The molecule has 1 saturated carbocycles. The second-order valence-electron chi connectivity index (χ2n) is 7.02. The van der Waals surface area contributed by atoms with Crippen molar-refractivity contribution in [2.45, 2.75) is 46.1 Å². The van der Waals surface area contributed by atoms with Crippen molar-refractivity contribution in [3.05, 3.63) is 35.6 Å². The summed E-state index contributed by atoms with van der Waals surface area (Å²) in [6.07, 6.45) is 1.79. The molecule has 1 aliphatic carbocycles. The molecule has 0 radical (unpaired) electrons. The Bertz CT molecular complexity index is 623. The van der Waals surface area contributed by atoms with E-state index in [0.717, 1.165) is 29.6 Å². The molecule has 1 fully saturated rings. The van der Waals surface area contributed by atoms with Gasteiger partial charge in [-0.15, -0.1) is 0 Å². The van der Waals surface area contributed by atoms with E-state index in [0.29, 0.717) is 0 Å². The van der Waals surface area contributed by atoms with E-state index in [-0.39, 0.29) is 11.3 Å². The zero-order chi connectivity index (χ0) is 13.8. The molecule has 0 aliphatic heterocycles. The van der Waals surface area contributed by atoms with Crippen LogP contribution in [0.4, 0.5) is 0 Å². The van der Waals surface area contributed by atoms with Crippen LogP contribution in [0.1, 0.15) is 44.9 Å². The zero-order valence-corrected chi connectivity index (χ0v) is 12.2. The lowest BCUT2D eigenvalue weighted by molar-refractivity contribution is -0.0194. The van der Waals surface area contributed by atoms with E-state index < -0.39 is 5.60 Å². The highest BCUT2D eigenvalue weighted by Crippen LogP contribution is 2.53. The Morgan fingerprint density at radius 1 is 1.26 bits per heavy atom. The van der Waals surface area contributed by atoms with Gasteiger partial charge in [-0.1, -0.05) is 32.4 Å². The van der Waals surface area contributed by atoms with Crippen LogP contribution in [0.25, 0.3) is 11.0 Å². The molecule has 1 heterocycles. The van der Waals surface area contributed by atoms with Gasteiger partial charge in [0, 0.05) is 5.39 Å². The summed E-state index contributed by atoms with van der Waals surface area (Å²) in [7, 11) is 0. The van der Waals surface area contributed by atoms with Gasteiger partial charge in [0.25, 0.3) is 0 Å². The second-order valence-corrected chi connectivity index (χ2v) is 7.02. The van der Waals surface area contributed by atoms with Gasteiger partial charge in [0.05, 0.1) is 0 Å². The van der Waals surface area contributed by atoms with Crippen LogP contribution in [0, 0.1) is 18.3 Å². The maximum Gasteiger partial charge on any atom is 0.137 e. The Balaban J connectivity index is 2.09. The minimum Gasteiger partial charge on any atom is -0.458 e. The number of aryl methyl sites for hydroxylation is 1. The summed E-state index contributed by atoms with van der Waals surface area (Å²) in [5.41, 5.74) is 1.43. The third-order valence-corrected chi connectivity index (χ3v) is 4.52. The van der Waals surface area contributed by atoms with E-state index in [1.807, 2.05) is 18.2 Å². The van der Waals surface area contributed by atoms with Crippen LogP contribution in [0.15, 0.2) is 28.7 Å². The first-order chi connectivity index (χ1) is 8.80. The van der Waals surface area contributed by atoms with Gasteiger partial charge in [-0.05, 0) is 49.3 Å². The van der Waals surface area contributed by atoms with Crippen LogP contribution in [0.3, 0.4) is 0 Å². The summed E-state index contributed by atoms with van der Waals surface area (Å²) in [5.74, 6) is 0.954. The van der Waals surface area contributed by atoms with Crippen molar-refractivity contribution in [3.63, 3.8) is 0 Å². The number of benzene rings is 1. The number of hydrogen-bond acceptors (Lipinski definition) is 2. The fourth-order valence-corrected chi connectivity index (χ4v) is 3.68. The Morgan fingerprint density at radius 3 is 2.63 bits per heavy atom. The molecule has 0 saturated heterocycles. The van der Waals surface area contributed by atoms with E-state index in [9.17, 15) is 5.11 Å². The maximum absolute atomic E-state index is 11.0. The molecule has 2 atom stereocenters. The van der Waals surface area contributed by atoms with Crippen LogP contribution in [-0.4, -0.2) is 5.11 Å². The number of furan rings is 1. The fourth-order valence-electron chi connectivity index (χ4n) is 3.68. The van der Waals surface area contributed by atoms with Crippen molar-refractivity contribution < 1.29 is 9.52 Å². The Kier molecular flexibility index (Phi) is 2.59. The summed E-state index contributed by atoms with van der Waals surface area (Å²) < 4.78 is 5.92. The third-order valence-electron chi connectivity index (χ3n) is 4.52. The van der Waals surface area contributed by atoms with E-state index in [1.165, 1.54) is 5.56 Å². The maximum atomic E-state index is 11.0. The van der Waals surface area contributed by atoms with Crippen molar-refractivity contribution in [1.82, 2.24) is 0 Å². The topological polar surface area (TPSA) is 33.4 Å². The molecule has 2 aromatic rings. The minimum absolute atomic E-state index is 0.170. The molecule has 1 N–H and O–H groups in total. The van der Waals surface area contributed by atoms with E-state index in [1.54, 1.807) is 0 Å². The summed E-state index contributed by atoms with van der Waals surface area (Å²) in [6, 6.07) is 8.15. The molecular weight excluding hydrogens is 236 g/mol. The molecule has 0 amide bonds. The Hall–Kier alpha value is -1.28. The SMILES string of the molecule is Cc1ccc2oc(C3(O)CC(C)(C)CC3C)cc2c1. The highest BCUT2D eigenvalue weighted by Gasteiger charge is 2.50. The normalized spacial score (nSPS) is 30.1. The molecule has 19 heavy (non-hydrogen) atoms. The van der Waals surface area contributed by atoms with Gasteiger partial charge in [0.1, 0.15) is 16.9 Å². The lowest BCUT2D eigenvalue weighted by Crippen LogP contribution is -2.28. The number of fused-ring (bicyclic) bond motifs is 1.